The van der Waals surface area contributed by atoms with Crippen molar-refractivity contribution in [2.45, 2.75) is 6.42 Å². The van der Waals surface area contributed by atoms with Crippen LogP contribution < -0.4 is 4.90 Å². The minimum Gasteiger partial charge on any atom is -0.481 e. The van der Waals surface area contributed by atoms with Crippen LogP contribution in [0.3, 0.4) is 0 Å². The number of aromatic nitrogens is 2. The molecule has 1 amide bonds. The van der Waals surface area contributed by atoms with Gasteiger partial charge in [-0.15, -0.1) is 0 Å². The third kappa shape index (κ3) is 2.06. The van der Waals surface area contributed by atoms with E-state index in [1.807, 2.05) is 6.07 Å². The van der Waals surface area contributed by atoms with Crippen LogP contribution in [0, 0.1) is 17.2 Å². The molecule has 1 aliphatic heterocycles. The molecule has 2 heterocycles. The molecule has 2 rings (SSSR count). The lowest BCUT2D eigenvalue weighted by atomic mass is 10.1. The number of carboxylic acid groups (broad SMARTS) is 1. The predicted octanol–water partition coefficient (Wildman–Crippen LogP) is -0.214. The zero-order valence-electron chi connectivity index (χ0n) is 8.70. The molecule has 0 spiro atoms. The monoisotopic (exact) mass is 232 g/mol. The maximum absolute atomic E-state index is 11.6. The van der Waals surface area contributed by atoms with Crippen molar-refractivity contribution in [1.29, 1.82) is 5.26 Å². The summed E-state index contributed by atoms with van der Waals surface area (Å²) < 4.78 is 0. The molecule has 1 aromatic heterocycles. The maximum Gasteiger partial charge on any atom is 0.308 e. The molecular weight excluding hydrogens is 224 g/mol. The molecule has 0 radical (unpaired) electrons. The number of hydrogen-bond donors (Lipinski definition) is 1. The van der Waals surface area contributed by atoms with E-state index in [1.165, 1.54) is 17.3 Å². The number of carboxylic acids is 1. The highest BCUT2D eigenvalue weighted by Crippen LogP contribution is 2.22. The highest BCUT2D eigenvalue weighted by molar-refractivity contribution is 5.98. The van der Waals surface area contributed by atoms with Gasteiger partial charge >= 0.3 is 5.97 Å². The van der Waals surface area contributed by atoms with E-state index in [0.717, 1.165) is 0 Å². The predicted molar refractivity (Wildman–Crippen MR) is 54.8 cm³/mol. The van der Waals surface area contributed by atoms with E-state index in [2.05, 4.69) is 9.97 Å². The normalized spacial score (nSPS) is 19.1. The van der Waals surface area contributed by atoms with E-state index in [1.54, 1.807) is 0 Å². The molecule has 17 heavy (non-hydrogen) atoms. The van der Waals surface area contributed by atoms with Crippen LogP contribution in [0.5, 0.6) is 0 Å². The Hall–Kier alpha value is -2.49. The average Bonchev–Trinajstić information content (AvgIpc) is 2.72. The van der Waals surface area contributed by atoms with Gasteiger partial charge in [0.25, 0.3) is 0 Å². The number of amides is 1. The number of rotatable bonds is 2. The molecule has 1 aromatic rings. The van der Waals surface area contributed by atoms with Crippen molar-refractivity contribution in [2.75, 3.05) is 11.4 Å². The summed E-state index contributed by atoms with van der Waals surface area (Å²) in [4.78, 5) is 31.3. The molecule has 0 aliphatic carbocycles. The van der Waals surface area contributed by atoms with Crippen molar-refractivity contribution in [3.63, 3.8) is 0 Å². The summed E-state index contributed by atoms with van der Waals surface area (Å²) in [7, 11) is 0. The van der Waals surface area contributed by atoms with Crippen LogP contribution in [-0.4, -0.2) is 33.5 Å². The number of nitriles is 1. The standard InChI is InChI=1S/C10H8N4O3/c11-2-7-3-13-8(4-12-7)14-5-6(10(16)17)1-9(14)15/h3-4,6H,1,5H2,(H,16,17). The first-order valence-electron chi connectivity index (χ1n) is 4.87. The molecule has 86 valence electrons. The first-order valence-corrected chi connectivity index (χ1v) is 4.87. The zero-order chi connectivity index (χ0) is 12.4. The van der Waals surface area contributed by atoms with Crippen molar-refractivity contribution in [3.05, 3.63) is 18.1 Å². The largest absolute Gasteiger partial charge is 0.481 e. The molecule has 7 nitrogen and oxygen atoms in total. The van der Waals surface area contributed by atoms with E-state index >= 15 is 0 Å². The van der Waals surface area contributed by atoms with Gasteiger partial charge in [0.05, 0.1) is 18.3 Å². The Labute approximate surface area is 96.3 Å². The highest BCUT2D eigenvalue weighted by Gasteiger charge is 2.35. The van der Waals surface area contributed by atoms with Crippen LogP contribution in [-0.2, 0) is 9.59 Å². The van der Waals surface area contributed by atoms with Gasteiger partial charge in [-0.2, -0.15) is 5.26 Å². The van der Waals surface area contributed by atoms with Gasteiger partial charge in [0, 0.05) is 13.0 Å². The first kappa shape index (κ1) is 11.0. The second-order valence-electron chi connectivity index (χ2n) is 3.62. The molecule has 0 aromatic carbocycles. The summed E-state index contributed by atoms with van der Waals surface area (Å²) in [5, 5.41) is 17.4. The minimum absolute atomic E-state index is 0.0307. The zero-order valence-corrected chi connectivity index (χ0v) is 8.70. The van der Waals surface area contributed by atoms with Crippen LogP contribution in [0.15, 0.2) is 12.4 Å². The van der Waals surface area contributed by atoms with Crippen LogP contribution in [0.2, 0.25) is 0 Å². The van der Waals surface area contributed by atoms with Gasteiger partial charge in [-0.1, -0.05) is 0 Å². The molecular formula is C10H8N4O3. The van der Waals surface area contributed by atoms with Crippen LogP contribution in [0.25, 0.3) is 0 Å². The number of hydrogen-bond acceptors (Lipinski definition) is 5. The third-order valence-corrected chi connectivity index (χ3v) is 2.50. The second kappa shape index (κ2) is 4.17. The van der Waals surface area contributed by atoms with Gasteiger partial charge in [0.15, 0.2) is 11.5 Å². The summed E-state index contributed by atoms with van der Waals surface area (Å²) in [6.45, 7) is 0.0920. The van der Waals surface area contributed by atoms with Crippen molar-refractivity contribution in [1.82, 2.24) is 9.97 Å². The molecule has 1 saturated heterocycles. The summed E-state index contributed by atoms with van der Waals surface area (Å²) in [6, 6.07) is 1.81. The third-order valence-electron chi connectivity index (χ3n) is 2.50. The Morgan fingerprint density at radius 3 is 2.76 bits per heavy atom. The van der Waals surface area contributed by atoms with Crippen LogP contribution in [0.4, 0.5) is 5.82 Å². The fourth-order valence-corrected chi connectivity index (χ4v) is 1.61. The summed E-state index contributed by atoms with van der Waals surface area (Å²) in [6.07, 6.45) is 2.51. The topological polar surface area (TPSA) is 107 Å². The van der Waals surface area contributed by atoms with Crippen molar-refractivity contribution >= 4 is 17.7 Å². The van der Waals surface area contributed by atoms with Crippen molar-refractivity contribution in [2.24, 2.45) is 5.92 Å². The highest BCUT2D eigenvalue weighted by atomic mass is 16.4. The lowest BCUT2D eigenvalue weighted by Crippen LogP contribution is -2.26. The van der Waals surface area contributed by atoms with Crippen molar-refractivity contribution in [3.8, 4) is 6.07 Å². The Morgan fingerprint density at radius 1 is 1.53 bits per heavy atom. The smallest absolute Gasteiger partial charge is 0.308 e. The fraction of sp³-hybridized carbons (Fsp3) is 0.300. The van der Waals surface area contributed by atoms with Crippen LogP contribution in [0.1, 0.15) is 12.1 Å². The molecule has 1 unspecified atom stereocenters. The van der Waals surface area contributed by atoms with E-state index in [9.17, 15) is 9.59 Å². The summed E-state index contributed by atoms with van der Waals surface area (Å²) in [5.74, 6) is -1.73. The molecule has 0 saturated carbocycles. The second-order valence-corrected chi connectivity index (χ2v) is 3.62. The Bertz CT molecular complexity index is 505. The van der Waals surface area contributed by atoms with Crippen LogP contribution >= 0.6 is 0 Å². The number of carbonyl (C=O) groups excluding carboxylic acids is 1. The Balaban J connectivity index is 2.20. The van der Waals surface area contributed by atoms with E-state index in [0.29, 0.717) is 0 Å². The Kier molecular flexibility index (Phi) is 2.70. The Morgan fingerprint density at radius 2 is 2.29 bits per heavy atom. The van der Waals surface area contributed by atoms with Gasteiger partial charge in [-0.05, 0) is 0 Å². The van der Waals surface area contributed by atoms with Gasteiger partial charge in [-0.3, -0.25) is 14.5 Å². The number of carbonyl (C=O) groups is 2. The fourth-order valence-electron chi connectivity index (χ4n) is 1.61. The number of anilines is 1. The maximum atomic E-state index is 11.6. The van der Waals surface area contributed by atoms with E-state index in [4.69, 9.17) is 10.4 Å². The van der Waals surface area contributed by atoms with Crippen molar-refractivity contribution < 1.29 is 14.7 Å². The van der Waals surface area contributed by atoms with Gasteiger partial charge < -0.3 is 5.11 Å². The lowest BCUT2D eigenvalue weighted by molar-refractivity contribution is -0.141. The summed E-state index contributed by atoms with van der Waals surface area (Å²) in [5.41, 5.74) is 0.148. The SMILES string of the molecule is N#Cc1cnc(N2CC(C(=O)O)CC2=O)cn1. The molecule has 0 bridgehead atoms. The number of aliphatic carboxylic acids is 1. The van der Waals surface area contributed by atoms with Gasteiger partial charge in [-0.25, -0.2) is 9.97 Å². The minimum atomic E-state index is -0.998. The summed E-state index contributed by atoms with van der Waals surface area (Å²) >= 11 is 0. The molecule has 1 atom stereocenters. The first-order chi connectivity index (χ1) is 8.11. The number of nitrogens with zero attached hydrogens (tertiary/aromatic N) is 4. The molecule has 7 heteroatoms. The average molecular weight is 232 g/mol. The molecule has 1 aliphatic rings. The quantitative estimate of drug-likeness (QED) is 0.755. The van der Waals surface area contributed by atoms with Gasteiger partial charge in [0.2, 0.25) is 5.91 Å². The van der Waals surface area contributed by atoms with E-state index in [-0.39, 0.29) is 30.4 Å². The molecule has 1 N–H and O–H groups in total. The molecule has 1 fully saturated rings. The van der Waals surface area contributed by atoms with Gasteiger partial charge in [0.1, 0.15) is 6.07 Å². The van der Waals surface area contributed by atoms with E-state index < -0.39 is 11.9 Å². The lowest BCUT2D eigenvalue weighted by Gasteiger charge is -2.13.